The maximum atomic E-state index is 4.38. The average Bonchev–Trinajstić information content (AvgIpc) is 2.76. The van der Waals surface area contributed by atoms with Crippen molar-refractivity contribution >= 4 is 17.0 Å². The van der Waals surface area contributed by atoms with Crippen LogP contribution in [-0.2, 0) is 0 Å². The van der Waals surface area contributed by atoms with E-state index in [-0.39, 0.29) is 0 Å². The third kappa shape index (κ3) is 1.52. The van der Waals surface area contributed by atoms with Crippen molar-refractivity contribution in [2.75, 3.05) is 18.0 Å². The lowest BCUT2D eigenvalue weighted by Crippen LogP contribution is -2.35. The minimum absolute atomic E-state index is 0.738. The molecule has 2 aromatic rings. The van der Waals surface area contributed by atoms with Gasteiger partial charge in [0.05, 0.1) is 6.33 Å². The Kier molecular flexibility index (Phi) is 2.23. The SMILES string of the molecule is C[C@H]1CCCN(c2ncnc3nc[nH]c23)C1. The number of hydrogen-bond donors (Lipinski definition) is 1. The third-order valence-corrected chi connectivity index (χ3v) is 3.16. The maximum Gasteiger partial charge on any atom is 0.182 e. The van der Waals surface area contributed by atoms with Crippen LogP contribution in [0.3, 0.4) is 0 Å². The molecule has 1 saturated heterocycles. The van der Waals surface area contributed by atoms with Gasteiger partial charge in [-0.1, -0.05) is 6.92 Å². The van der Waals surface area contributed by atoms with E-state index in [0.29, 0.717) is 0 Å². The molecular formula is C11H15N5. The molecule has 0 saturated carbocycles. The van der Waals surface area contributed by atoms with Crippen LogP contribution >= 0.6 is 0 Å². The van der Waals surface area contributed by atoms with E-state index in [1.54, 1.807) is 12.7 Å². The Morgan fingerprint density at radius 2 is 2.31 bits per heavy atom. The topological polar surface area (TPSA) is 57.7 Å². The van der Waals surface area contributed by atoms with Crippen molar-refractivity contribution < 1.29 is 0 Å². The second-order valence-corrected chi connectivity index (χ2v) is 4.49. The molecule has 84 valence electrons. The molecule has 1 aliphatic heterocycles. The summed E-state index contributed by atoms with van der Waals surface area (Å²) in [7, 11) is 0. The molecule has 0 radical (unpaired) electrons. The number of nitrogens with one attached hydrogen (secondary N) is 1. The Bertz CT molecular complexity index is 492. The van der Waals surface area contributed by atoms with Crippen LogP contribution in [0.25, 0.3) is 11.2 Å². The lowest BCUT2D eigenvalue weighted by molar-refractivity contribution is 0.445. The first-order valence-corrected chi connectivity index (χ1v) is 5.73. The molecule has 0 amide bonds. The highest BCUT2D eigenvalue weighted by atomic mass is 15.2. The summed E-state index contributed by atoms with van der Waals surface area (Å²) in [5, 5.41) is 0. The fourth-order valence-corrected chi connectivity index (χ4v) is 2.37. The summed E-state index contributed by atoms with van der Waals surface area (Å²) in [4.78, 5) is 18.1. The Hall–Kier alpha value is -1.65. The molecule has 3 heterocycles. The largest absolute Gasteiger partial charge is 0.354 e. The Balaban J connectivity index is 2.01. The molecular weight excluding hydrogens is 202 g/mol. The van der Waals surface area contributed by atoms with Gasteiger partial charge in [-0.3, -0.25) is 0 Å². The van der Waals surface area contributed by atoms with Gasteiger partial charge < -0.3 is 9.88 Å². The predicted molar refractivity (Wildman–Crippen MR) is 62.3 cm³/mol. The smallest absolute Gasteiger partial charge is 0.182 e. The molecule has 3 rings (SSSR count). The second-order valence-electron chi connectivity index (χ2n) is 4.49. The van der Waals surface area contributed by atoms with E-state index < -0.39 is 0 Å². The van der Waals surface area contributed by atoms with Crippen molar-refractivity contribution in [2.24, 2.45) is 5.92 Å². The zero-order valence-electron chi connectivity index (χ0n) is 9.35. The Labute approximate surface area is 93.9 Å². The average molecular weight is 217 g/mol. The van der Waals surface area contributed by atoms with Gasteiger partial charge in [0, 0.05) is 13.1 Å². The molecule has 1 atom stereocenters. The van der Waals surface area contributed by atoms with E-state index in [4.69, 9.17) is 0 Å². The normalized spacial score (nSPS) is 21.6. The standard InChI is InChI=1S/C11H15N5/c1-8-3-2-4-16(5-8)11-9-10(13-6-12-9)14-7-15-11/h6-8H,2-5H2,1H3,(H,12,13,14,15)/t8-/m0/s1. The molecule has 1 fully saturated rings. The van der Waals surface area contributed by atoms with Crippen LogP contribution < -0.4 is 4.90 Å². The highest BCUT2D eigenvalue weighted by Crippen LogP contribution is 2.25. The zero-order chi connectivity index (χ0) is 11.0. The number of rotatable bonds is 1. The second kappa shape index (κ2) is 3.73. The van der Waals surface area contributed by atoms with Crippen molar-refractivity contribution in [2.45, 2.75) is 19.8 Å². The van der Waals surface area contributed by atoms with Crippen molar-refractivity contribution in [1.82, 2.24) is 19.9 Å². The maximum absolute atomic E-state index is 4.38. The van der Waals surface area contributed by atoms with Gasteiger partial charge in [0.15, 0.2) is 11.5 Å². The highest BCUT2D eigenvalue weighted by Gasteiger charge is 2.20. The van der Waals surface area contributed by atoms with E-state index in [9.17, 15) is 0 Å². The Morgan fingerprint density at radius 3 is 3.19 bits per heavy atom. The van der Waals surface area contributed by atoms with E-state index in [0.717, 1.165) is 36.0 Å². The molecule has 0 unspecified atom stereocenters. The molecule has 1 aliphatic rings. The monoisotopic (exact) mass is 217 g/mol. The summed E-state index contributed by atoms with van der Waals surface area (Å²) in [6, 6.07) is 0. The van der Waals surface area contributed by atoms with E-state index in [2.05, 4.69) is 31.8 Å². The summed E-state index contributed by atoms with van der Waals surface area (Å²) in [6.07, 6.45) is 5.82. The van der Waals surface area contributed by atoms with Crippen molar-refractivity contribution in [3.05, 3.63) is 12.7 Å². The van der Waals surface area contributed by atoms with Crippen LogP contribution in [0.5, 0.6) is 0 Å². The quantitative estimate of drug-likeness (QED) is 0.788. The molecule has 0 aromatic carbocycles. The molecule has 0 bridgehead atoms. The van der Waals surface area contributed by atoms with Gasteiger partial charge in [-0.25, -0.2) is 15.0 Å². The number of imidazole rings is 1. The minimum atomic E-state index is 0.738. The van der Waals surface area contributed by atoms with Gasteiger partial charge in [0.1, 0.15) is 11.8 Å². The third-order valence-electron chi connectivity index (χ3n) is 3.16. The molecule has 0 aliphatic carbocycles. The van der Waals surface area contributed by atoms with Crippen LogP contribution in [0.1, 0.15) is 19.8 Å². The molecule has 1 N–H and O–H groups in total. The van der Waals surface area contributed by atoms with Crippen LogP contribution in [0, 0.1) is 5.92 Å². The predicted octanol–water partition coefficient (Wildman–Crippen LogP) is 1.59. The fourth-order valence-electron chi connectivity index (χ4n) is 2.37. The van der Waals surface area contributed by atoms with Gasteiger partial charge in [0.2, 0.25) is 0 Å². The first-order valence-electron chi connectivity index (χ1n) is 5.73. The Morgan fingerprint density at radius 1 is 1.38 bits per heavy atom. The van der Waals surface area contributed by atoms with Gasteiger partial charge >= 0.3 is 0 Å². The summed E-state index contributed by atoms with van der Waals surface area (Å²) in [5.41, 5.74) is 1.71. The summed E-state index contributed by atoms with van der Waals surface area (Å²) in [5.74, 6) is 1.73. The lowest BCUT2D eigenvalue weighted by atomic mass is 10.0. The van der Waals surface area contributed by atoms with Gasteiger partial charge in [-0.15, -0.1) is 0 Å². The summed E-state index contributed by atoms with van der Waals surface area (Å²) < 4.78 is 0. The number of aromatic nitrogens is 4. The van der Waals surface area contributed by atoms with Gasteiger partial charge in [0.25, 0.3) is 0 Å². The molecule has 5 nitrogen and oxygen atoms in total. The number of fused-ring (bicyclic) bond motifs is 1. The fraction of sp³-hybridized carbons (Fsp3) is 0.545. The van der Waals surface area contributed by atoms with Crippen molar-refractivity contribution in [3.63, 3.8) is 0 Å². The van der Waals surface area contributed by atoms with Crippen LogP contribution in [0.2, 0.25) is 0 Å². The molecule has 0 spiro atoms. The zero-order valence-corrected chi connectivity index (χ0v) is 9.35. The minimum Gasteiger partial charge on any atom is -0.354 e. The van der Waals surface area contributed by atoms with Gasteiger partial charge in [-0.2, -0.15) is 0 Å². The molecule has 2 aromatic heterocycles. The van der Waals surface area contributed by atoms with E-state index >= 15 is 0 Å². The number of aromatic amines is 1. The number of anilines is 1. The molecule has 5 heteroatoms. The van der Waals surface area contributed by atoms with Crippen LogP contribution in [0.15, 0.2) is 12.7 Å². The lowest BCUT2D eigenvalue weighted by Gasteiger charge is -2.31. The first kappa shape index (κ1) is 9.57. The first-order chi connectivity index (χ1) is 7.84. The number of nitrogens with zero attached hydrogens (tertiary/aromatic N) is 4. The summed E-state index contributed by atoms with van der Waals surface area (Å²) >= 11 is 0. The van der Waals surface area contributed by atoms with Crippen LogP contribution in [-0.4, -0.2) is 33.0 Å². The number of hydrogen-bond acceptors (Lipinski definition) is 4. The van der Waals surface area contributed by atoms with Gasteiger partial charge in [-0.05, 0) is 18.8 Å². The summed E-state index contributed by atoms with van der Waals surface area (Å²) in [6.45, 7) is 4.44. The highest BCUT2D eigenvalue weighted by molar-refractivity contribution is 5.82. The number of H-pyrrole nitrogens is 1. The van der Waals surface area contributed by atoms with Crippen LogP contribution in [0.4, 0.5) is 5.82 Å². The van der Waals surface area contributed by atoms with Crippen molar-refractivity contribution in [1.29, 1.82) is 0 Å². The number of piperidine rings is 1. The van der Waals surface area contributed by atoms with Crippen molar-refractivity contribution in [3.8, 4) is 0 Å². The molecule has 16 heavy (non-hydrogen) atoms. The van der Waals surface area contributed by atoms with E-state index in [1.807, 2.05) is 0 Å². The van der Waals surface area contributed by atoms with E-state index in [1.165, 1.54) is 12.8 Å².